The van der Waals surface area contributed by atoms with E-state index in [4.69, 9.17) is 9.47 Å². The molecule has 1 aromatic heterocycles. The quantitative estimate of drug-likeness (QED) is 0.423. The summed E-state index contributed by atoms with van der Waals surface area (Å²) in [5, 5.41) is 11.1. The molecule has 33 heavy (non-hydrogen) atoms. The first-order chi connectivity index (χ1) is 15.9. The van der Waals surface area contributed by atoms with Crippen LogP contribution in [0.2, 0.25) is 0 Å². The molecule has 9 nitrogen and oxygen atoms in total. The minimum Gasteiger partial charge on any atom is -0.493 e. The van der Waals surface area contributed by atoms with Crippen LogP contribution in [0.25, 0.3) is 0 Å². The molecule has 1 aliphatic rings. The van der Waals surface area contributed by atoms with Crippen molar-refractivity contribution in [2.75, 3.05) is 20.8 Å². The Labute approximate surface area is 189 Å². The zero-order valence-electron chi connectivity index (χ0n) is 18.3. The normalized spacial score (nSPS) is 15.0. The molecular formula is C24H23N3O6. The zero-order chi connectivity index (χ0) is 23.5. The summed E-state index contributed by atoms with van der Waals surface area (Å²) in [5.74, 6) is 0.860. The van der Waals surface area contributed by atoms with Crippen molar-refractivity contribution in [3.05, 3.63) is 98.0 Å². The smallest absolute Gasteiger partial charge is 0.285 e. The minimum atomic E-state index is -0.593. The number of carbonyl (C=O) groups is 1. The van der Waals surface area contributed by atoms with Crippen LogP contribution in [0.4, 0.5) is 5.69 Å². The number of hydrogen-bond donors (Lipinski definition) is 0. The van der Waals surface area contributed by atoms with Gasteiger partial charge in [0.05, 0.1) is 31.4 Å². The van der Waals surface area contributed by atoms with Crippen LogP contribution < -0.4 is 15.0 Å². The highest BCUT2D eigenvalue weighted by Crippen LogP contribution is 2.41. The standard InChI is InChI=1S/C24H23N3O6/c1-32-20-12-17-10-11-26(23(29)15-25-14-18(27(30)31)8-9-22(25)28)24(16-6-4-3-5-7-16)19(17)13-21(20)33-2/h3-9,12-14,24H,10-11,15H2,1-2H3. The molecule has 0 fully saturated rings. The number of hydrogen-bond acceptors (Lipinski definition) is 6. The number of ether oxygens (including phenoxy) is 2. The zero-order valence-corrected chi connectivity index (χ0v) is 18.3. The summed E-state index contributed by atoms with van der Waals surface area (Å²) in [6.45, 7) is 0.122. The number of amides is 1. The molecular weight excluding hydrogens is 426 g/mol. The Hall–Kier alpha value is -4.14. The fraction of sp³-hybridized carbons (Fsp3) is 0.250. The molecule has 0 saturated heterocycles. The summed E-state index contributed by atoms with van der Waals surface area (Å²) >= 11 is 0. The van der Waals surface area contributed by atoms with E-state index in [1.54, 1.807) is 19.1 Å². The van der Waals surface area contributed by atoms with E-state index in [0.717, 1.165) is 39.6 Å². The van der Waals surface area contributed by atoms with Crippen molar-refractivity contribution in [1.29, 1.82) is 0 Å². The lowest BCUT2D eigenvalue weighted by Crippen LogP contribution is -2.43. The molecule has 1 amide bonds. The van der Waals surface area contributed by atoms with Gasteiger partial charge in [0, 0.05) is 18.7 Å². The van der Waals surface area contributed by atoms with Crippen LogP contribution in [0.1, 0.15) is 22.7 Å². The van der Waals surface area contributed by atoms with Crippen molar-refractivity contribution in [2.45, 2.75) is 19.0 Å². The van der Waals surface area contributed by atoms with Gasteiger partial charge in [0.2, 0.25) is 5.91 Å². The number of carbonyl (C=O) groups excluding carboxylic acids is 1. The van der Waals surface area contributed by atoms with E-state index in [1.165, 1.54) is 0 Å². The van der Waals surface area contributed by atoms with Gasteiger partial charge in [-0.1, -0.05) is 30.3 Å². The number of nitro groups is 1. The van der Waals surface area contributed by atoms with Crippen molar-refractivity contribution >= 4 is 11.6 Å². The second-order valence-electron chi connectivity index (χ2n) is 7.67. The molecule has 1 atom stereocenters. The number of fused-ring (bicyclic) bond motifs is 1. The maximum absolute atomic E-state index is 13.4. The van der Waals surface area contributed by atoms with E-state index < -0.39 is 16.5 Å². The first-order valence-corrected chi connectivity index (χ1v) is 10.4. The number of aromatic nitrogens is 1. The Bertz CT molecular complexity index is 1250. The van der Waals surface area contributed by atoms with Gasteiger partial charge >= 0.3 is 0 Å². The lowest BCUT2D eigenvalue weighted by Gasteiger charge is -2.38. The summed E-state index contributed by atoms with van der Waals surface area (Å²) in [6, 6.07) is 15.2. The van der Waals surface area contributed by atoms with Crippen molar-refractivity contribution in [3.8, 4) is 11.5 Å². The predicted octanol–water partition coefficient (Wildman–Crippen LogP) is 2.95. The molecule has 0 bridgehead atoms. The summed E-state index contributed by atoms with van der Waals surface area (Å²) in [7, 11) is 3.14. The number of rotatable bonds is 6. The van der Waals surface area contributed by atoms with Gasteiger partial charge in [-0.25, -0.2) is 0 Å². The minimum absolute atomic E-state index is 0.247. The van der Waals surface area contributed by atoms with E-state index in [0.29, 0.717) is 24.5 Å². The number of benzene rings is 2. The third-order valence-electron chi connectivity index (χ3n) is 5.79. The summed E-state index contributed by atoms with van der Waals surface area (Å²) in [5.41, 5.74) is 2.13. The van der Waals surface area contributed by atoms with E-state index >= 15 is 0 Å². The van der Waals surface area contributed by atoms with Gasteiger partial charge in [-0.15, -0.1) is 0 Å². The second-order valence-corrected chi connectivity index (χ2v) is 7.67. The van der Waals surface area contributed by atoms with Gasteiger partial charge in [0.25, 0.3) is 11.2 Å². The predicted molar refractivity (Wildman–Crippen MR) is 121 cm³/mol. The van der Waals surface area contributed by atoms with E-state index in [1.807, 2.05) is 42.5 Å². The number of methoxy groups -OCH3 is 2. The first kappa shape index (κ1) is 22.1. The lowest BCUT2D eigenvalue weighted by molar-refractivity contribution is -0.385. The van der Waals surface area contributed by atoms with Gasteiger partial charge in [0.1, 0.15) is 6.54 Å². The van der Waals surface area contributed by atoms with Crippen molar-refractivity contribution in [3.63, 3.8) is 0 Å². The van der Waals surface area contributed by atoms with Gasteiger partial charge in [-0.3, -0.25) is 24.3 Å². The van der Waals surface area contributed by atoms with Crippen LogP contribution >= 0.6 is 0 Å². The molecule has 0 N–H and O–H groups in total. The van der Waals surface area contributed by atoms with Crippen LogP contribution in [0.3, 0.4) is 0 Å². The molecule has 9 heteroatoms. The van der Waals surface area contributed by atoms with Crippen molar-refractivity contribution in [1.82, 2.24) is 9.47 Å². The van der Waals surface area contributed by atoms with E-state index in [9.17, 15) is 19.7 Å². The Morgan fingerprint density at radius 1 is 1.09 bits per heavy atom. The van der Waals surface area contributed by atoms with Crippen LogP contribution in [0.15, 0.2) is 65.6 Å². The highest BCUT2D eigenvalue weighted by Gasteiger charge is 2.33. The van der Waals surface area contributed by atoms with Crippen LogP contribution in [-0.2, 0) is 17.8 Å². The third kappa shape index (κ3) is 4.30. The molecule has 4 rings (SSSR count). The largest absolute Gasteiger partial charge is 0.493 e. The third-order valence-corrected chi connectivity index (χ3v) is 5.79. The Morgan fingerprint density at radius 2 is 1.79 bits per heavy atom. The maximum atomic E-state index is 13.4. The maximum Gasteiger partial charge on any atom is 0.285 e. The summed E-state index contributed by atoms with van der Waals surface area (Å²) in [4.78, 5) is 37.9. The topological polar surface area (TPSA) is 104 Å². The SMILES string of the molecule is COc1cc2c(cc1OC)C(c1ccccc1)N(C(=O)Cn1cc([N+](=O)[O-])ccc1=O)CC2. The highest BCUT2D eigenvalue weighted by molar-refractivity contribution is 5.78. The fourth-order valence-electron chi connectivity index (χ4n) is 4.20. The molecule has 0 radical (unpaired) electrons. The number of pyridine rings is 1. The molecule has 1 aliphatic heterocycles. The van der Waals surface area contributed by atoms with Crippen LogP contribution in [0, 0.1) is 10.1 Å². The molecule has 2 aromatic carbocycles. The molecule has 2 heterocycles. The van der Waals surface area contributed by atoms with Crippen LogP contribution in [-0.4, -0.2) is 41.1 Å². The Kier molecular flexibility index (Phi) is 6.12. The summed E-state index contributed by atoms with van der Waals surface area (Å²) in [6.07, 6.45) is 1.69. The molecule has 0 saturated carbocycles. The van der Waals surface area contributed by atoms with Crippen LogP contribution in [0.5, 0.6) is 11.5 Å². The first-order valence-electron chi connectivity index (χ1n) is 10.4. The van der Waals surface area contributed by atoms with Crippen molar-refractivity contribution < 1.29 is 19.2 Å². The monoisotopic (exact) mass is 449 g/mol. The molecule has 0 spiro atoms. The van der Waals surface area contributed by atoms with Gasteiger partial charge in [-0.2, -0.15) is 0 Å². The highest BCUT2D eigenvalue weighted by atomic mass is 16.6. The van der Waals surface area contributed by atoms with Crippen molar-refractivity contribution in [2.24, 2.45) is 0 Å². The lowest BCUT2D eigenvalue weighted by atomic mass is 9.87. The number of nitrogens with zero attached hydrogens (tertiary/aromatic N) is 3. The second kappa shape index (κ2) is 9.15. The fourth-order valence-corrected chi connectivity index (χ4v) is 4.20. The summed E-state index contributed by atoms with van der Waals surface area (Å²) < 4.78 is 12.0. The van der Waals surface area contributed by atoms with E-state index in [-0.39, 0.29) is 18.1 Å². The van der Waals surface area contributed by atoms with Gasteiger partial charge in [-0.05, 0) is 35.2 Å². The molecule has 0 aliphatic carbocycles. The van der Waals surface area contributed by atoms with Gasteiger partial charge < -0.3 is 14.4 Å². The Morgan fingerprint density at radius 3 is 2.45 bits per heavy atom. The Balaban J connectivity index is 1.75. The molecule has 1 unspecified atom stereocenters. The average Bonchev–Trinajstić information content (AvgIpc) is 2.83. The van der Waals surface area contributed by atoms with Gasteiger partial charge in [0.15, 0.2) is 11.5 Å². The molecule has 170 valence electrons. The van der Waals surface area contributed by atoms with E-state index in [2.05, 4.69) is 0 Å². The average molecular weight is 449 g/mol. The molecule has 3 aromatic rings.